The smallest absolute Gasteiger partial charge is 0.245 e. The summed E-state index contributed by atoms with van der Waals surface area (Å²) in [6.45, 7) is 3.91. The number of aromatic nitrogens is 3. The van der Waals surface area contributed by atoms with Gasteiger partial charge in [0.2, 0.25) is 5.95 Å². The van der Waals surface area contributed by atoms with Crippen LogP contribution in [0, 0.1) is 3.57 Å². The molecule has 1 aliphatic heterocycles. The van der Waals surface area contributed by atoms with Crippen LogP contribution in [0.25, 0.3) is 11.4 Å². The minimum absolute atomic E-state index is 0.796. The van der Waals surface area contributed by atoms with Crippen LogP contribution in [0.2, 0.25) is 0 Å². The summed E-state index contributed by atoms with van der Waals surface area (Å²) in [5.74, 6) is 1.63. The maximum atomic E-state index is 4.56. The maximum Gasteiger partial charge on any atom is 0.245 e. The van der Waals surface area contributed by atoms with Crippen LogP contribution in [0.1, 0.15) is 0 Å². The number of rotatable bonds is 2. The van der Waals surface area contributed by atoms with E-state index >= 15 is 0 Å². The van der Waals surface area contributed by atoms with Crippen molar-refractivity contribution in [2.24, 2.45) is 0 Å². The fourth-order valence-electron chi connectivity index (χ4n) is 2.00. The number of piperazine rings is 1. The molecule has 0 spiro atoms. The number of H-pyrrole nitrogens is 1. The van der Waals surface area contributed by atoms with Crippen LogP contribution in [-0.4, -0.2) is 41.4 Å². The lowest BCUT2D eigenvalue weighted by atomic mass is 10.2. The lowest BCUT2D eigenvalue weighted by Gasteiger charge is -2.25. The molecular weight excluding hydrogens is 341 g/mol. The summed E-state index contributed by atoms with van der Waals surface area (Å²) in [5.41, 5.74) is 1.07. The van der Waals surface area contributed by atoms with Gasteiger partial charge in [0.15, 0.2) is 5.82 Å². The third kappa shape index (κ3) is 2.49. The molecule has 2 aromatic rings. The van der Waals surface area contributed by atoms with Crippen molar-refractivity contribution in [1.82, 2.24) is 20.5 Å². The van der Waals surface area contributed by atoms with E-state index in [-0.39, 0.29) is 0 Å². The first-order chi connectivity index (χ1) is 8.83. The Hall–Kier alpha value is -1.15. The molecule has 6 heteroatoms. The van der Waals surface area contributed by atoms with Crippen molar-refractivity contribution in [1.29, 1.82) is 0 Å². The highest BCUT2D eigenvalue weighted by molar-refractivity contribution is 14.1. The molecule has 0 radical (unpaired) electrons. The van der Waals surface area contributed by atoms with Crippen LogP contribution < -0.4 is 10.2 Å². The number of nitrogens with one attached hydrogen (secondary N) is 2. The van der Waals surface area contributed by atoms with E-state index in [1.54, 1.807) is 0 Å². The van der Waals surface area contributed by atoms with Gasteiger partial charge in [-0.1, -0.05) is 12.1 Å². The summed E-state index contributed by atoms with van der Waals surface area (Å²) in [6, 6.07) is 8.26. The average molecular weight is 355 g/mol. The second kappa shape index (κ2) is 5.23. The molecular formula is C12H14IN5. The van der Waals surface area contributed by atoms with Gasteiger partial charge in [0.05, 0.1) is 0 Å². The first-order valence-corrected chi connectivity index (χ1v) is 7.05. The molecule has 1 aromatic heterocycles. The molecule has 0 saturated carbocycles. The van der Waals surface area contributed by atoms with Gasteiger partial charge in [0, 0.05) is 35.3 Å². The Kier molecular flexibility index (Phi) is 3.46. The fraction of sp³-hybridized carbons (Fsp3) is 0.333. The van der Waals surface area contributed by atoms with E-state index in [2.05, 4.69) is 72.3 Å². The van der Waals surface area contributed by atoms with Crippen molar-refractivity contribution < 1.29 is 0 Å². The maximum absolute atomic E-state index is 4.56. The van der Waals surface area contributed by atoms with Gasteiger partial charge in [-0.3, -0.25) is 5.10 Å². The molecule has 94 valence electrons. The zero-order valence-electron chi connectivity index (χ0n) is 9.86. The van der Waals surface area contributed by atoms with Gasteiger partial charge in [-0.25, -0.2) is 0 Å². The molecule has 0 bridgehead atoms. The summed E-state index contributed by atoms with van der Waals surface area (Å²) < 4.78 is 1.22. The lowest BCUT2D eigenvalue weighted by Crippen LogP contribution is -2.44. The highest BCUT2D eigenvalue weighted by Gasteiger charge is 2.15. The number of hydrogen-bond donors (Lipinski definition) is 2. The summed E-state index contributed by atoms with van der Waals surface area (Å²) in [6.07, 6.45) is 0. The van der Waals surface area contributed by atoms with Crippen LogP contribution in [-0.2, 0) is 0 Å². The Balaban J connectivity index is 1.82. The third-order valence-electron chi connectivity index (χ3n) is 2.99. The number of aromatic amines is 1. The van der Waals surface area contributed by atoms with E-state index in [1.165, 1.54) is 3.57 Å². The van der Waals surface area contributed by atoms with Crippen LogP contribution in [0.3, 0.4) is 0 Å². The standard InChI is InChI=1S/C12H14IN5/c13-10-3-1-9(2-4-10)11-15-12(17-16-11)18-7-5-14-6-8-18/h1-4,14H,5-8H2,(H,15,16,17). The Labute approximate surface area is 119 Å². The molecule has 1 aliphatic rings. The molecule has 5 nitrogen and oxygen atoms in total. The van der Waals surface area contributed by atoms with E-state index in [9.17, 15) is 0 Å². The van der Waals surface area contributed by atoms with Gasteiger partial charge in [0.1, 0.15) is 0 Å². The lowest BCUT2D eigenvalue weighted by molar-refractivity contribution is 0.580. The molecule has 0 amide bonds. The Morgan fingerprint density at radius 3 is 2.56 bits per heavy atom. The van der Waals surface area contributed by atoms with Gasteiger partial charge in [-0.15, -0.1) is 5.10 Å². The van der Waals surface area contributed by atoms with Gasteiger partial charge in [-0.2, -0.15) is 4.98 Å². The molecule has 1 aromatic carbocycles. The van der Waals surface area contributed by atoms with Crippen molar-refractivity contribution in [2.75, 3.05) is 31.1 Å². The summed E-state index contributed by atoms with van der Waals surface area (Å²) in [7, 11) is 0. The van der Waals surface area contributed by atoms with Gasteiger partial charge in [-0.05, 0) is 34.7 Å². The van der Waals surface area contributed by atoms with E-state index < -0.39 is 0 Å². The molecule has 1 fully saturated rings. The van der Waals surface area contributed by atoms with Crippen molar-refractivity contribution >= 4 is 28.5 Å². The molecule has 0 unspecified atom stereocenters. The highest BCUT2D eigenvalue weighted by atomic mass is 127. The number of halogens is 1. The molecule has 1 saturated heterocycles. The second-order valence-corrected chi connectivity index (χ2v) is 5.47. The molecule has 0 aliphatic carbocycles. The van der Waals surface area contributed by atoms with Crippen molar-refractivity contribution in [3.05, 3.63) is 27.8 Å². The minimum Gasteiger partial charge on any atom is -0.337 e. The number of nitrogens with zero attached hydrogens (tertiary/aromatic N) is 3. The second-order valence-electron chi connectivity index (χ2n) is 4.23. The minimum atomic E-state index is 0.796. The number of hydrogen-bond acceptors (Lipinski definition) is 4. The molecule has 18 heavy (non-hydrogen) atoms. The van der Waals surface area contributed by atoms with Gasteiger partial charge >= 0.3 is 0 Å². The molecule has 0 atom stereocenters. The molecule has 2 heterocycles. The van der Waals surface area contributed by atoms with Gasteiger partial charge in [0.25, 0.3) is 0 Å². The third-order valence-corrected chi connectivity index (χ3v) is 3.71. The average Bonchev–Trinajstić information content (AvgIpc) is 2.90. The topological polar surface area (TPSA) is 56.8 Å². The summed E-state index contributed by atoms with van der Waals surface area (Å²) in [5, 5.41) is 10.6. The van der Waals surface area contributed by atoms with Crippen LogP contribution in [0.4, 0.5) is 5.95 Å². The van der Waals surface area contributed by atoms with Crippen molar-refractivity contribution in [3.63, 3.8) is 0 Å². The van der Waals surface area contributed by atoms with E-state index in [0.717, 1.165) is 43.5 Å². The van der Waals surface area contributed by atoms with Crippen LogP contribution in [0.15, 0.2) is 24.3 Å². The quantitative estimate of drug-likeness (QED) is 0.802. The highest BCUT2D eigenvalue weighted by Crippen LogP contribution is 2.19. The predicted octanol–water partition coefficient (Wildman–Crippen LogP) is 1.49. The fourth-order valence-corrected chi connectivity index (χ4v) is 2.36. The zero-order valence-corrected chi connectivity index (χ0v) is 12.0. The monoisotopic (exact) mass is 355 g/mol. The first kappa shape index (κ1) is 11.9. The van der Waals surface area contributed by atoms with Crippen LogP contribution in [0.5, 0.6) is 0 Å². The Bertz CT molecular complexity index is 516. The SMILES string of the molecule is Ic1ccc(-c2nc(N3CCNCC3)n[nH]2)cc1. The molecule has 2 N–H and O–H groups in total. The van der Waals surface area contributed by atoms with E-state index in [4.69, 9.17) is 0 Å². The van der Waals surface area contributed by atoms with Crippen molar-refractivity contribution in [2.45, 2.75) is 0 Å². The molecule has 3 rings (SSSR count). The summed E-state index contributed by atoms with van der Waals surface area (Å²) >= 11 is 2.29. The Morgan fingerprint density at radius 1 is 1.11 bits per heavy atom. The van der Waals surface area contributed by atoms with Crippen molar-refractivity contribution in [3.8, 4) is 11.4 Å². The zero-order chi connectivity index (χ0) is 12.4. The normalized spacial score (nSPS) is 15.9. The number of benzene rings is 1. The van der Waals surface area contributed by atoms with E-state index in [1.807, 2.05) is 0 Å². The van der Waals surface area contributed by atoms with E-state index in [0.29, 0.717) is 0 Å². The first-order valence-electron chi connectivity index (χ1n) is 5.97. The number of anilines is 1. The van der Waals surface area contributed by atoms with Gasteiger partial charge < -0.3 is 10.2 Å². The Morgan fingerprint density at radius 2 is 1.83 bits per heavy atom. The predicted molar refractivity (Wildman–Crippen MR) is 79.6 cm³/mol. The largest absolute Gasteiger partial charge is 0.337 e. The van der Waals surface area contributed by atoms with Crippen LogP contribution >= 0.6 is 22.6 Å². The summed E-state index contributed by atoms with van der Waals surface area (Å²) in [4.78, 5) is 6.76.